The first-order valence-electron chi connectivity index (χ1n) is 9.33. The Kier molecular flexibility index (Phi) is 7.10. The van der Waals surface area contributed by atoms with E-state index in [-0.39, 0.29) is 16.8 Å². The predicted octanol–water partition coefficient (Wildman–Crippen LogP) is 5.00. The fourth-order valence-corrected chi connectivity index (χ4v) is 3.52. The number of hydrogen-bond acceptors (Lipinski definition) is 4. The molecular formula is C22H20F3N3OS. The maximum absolute atomic E-state index is 13.3. The molecule has 0 radical (unpaired) electrons. The highest BCUT2D eigenvalue weighted by Crippen LogP contribution is 2.32. The Labute approximate surface area is 177 Å². The van der Waals surface area contributed by atoms with Crippen LogP contribution in [-0.2, 0) is 17.4 Å². The van der Waals surface area contributed by atoms with Crippen molar-refractivity contribution in [2.75, 3.05) is 6.54 Å². The van der Waals surface area contributed by atoms with Gasteiger partial charge in [-0.3, -0.25) is 4.79 Å². The summed E-state index contributed by atoms with van der Waals surface area (Å²) in [5.41, 5.74) is 0.770. The number of thioether (sulfide) groups is 1. The molecule has 0 aliphatic carbocycles. The van der Waals surface area contributed by atoms with Crippen LogP contribution in [-0.4, -0.2) is 27.7 Å². The standard InChI is InChI=1S/C22H20F3N3OS/c1-15(20(29)26-13-12-16-8-4-2-5-9-16)30-21-27-18(17-10-6-3-7-11-17)14-19(28-21)22(23,24)25/h2-11,14-15H,12-13H2,1H3,(H,26,29). The Hall–Kier alpha value is -2.87. The zero-order chi connectivity index (χ0) is 21.6. The van der Waals surface area contributed by atoms with Crippen molar-refractivity contribution in [3.05, 3.63) is 78.0 Å². The summed E-state index contributed by atoms with van der Waals surface area (Å²) in [4.78, 5) is 20.2. The highest BCUT2D eigenvalue weighted by molar-refractivity contribution is 8.00. The van der Waals surface area contributed by atoms with Gasteiger partial charge in [-0.05, 0) is 25.0 Å². The van der Waals surface area contributed by atoms with Crippen molar-refractivity contribution in [1.29, 1.82) is 0 Å². The van der Waals surface area contributed by atoms with Crippen molar-refractivity contribution in [3.8, 4) is 11.3 Å². The molecule has 0 saturated heterocycles. The summed E-state index contributed by atoms with van der Waals surface area (Å²) >= 11 is 0.903. The van der Waals surface area contributed by atoms with Gasteiger partial charge in [0.1, 0.15) is 5.69 Å². The van der Waals surface area contributed by atoms with Gasteiger partial charge in [0.05, 0.1) is 10.9 Å². The molecule has 3 aromatic rings. The maximum Gasteiger partial charge on any atom is 0.433 e. The molecule has 4 nitrogen and oxygen atoms in total. The van der Waals surface area contributed by atoms with Gasteiger partial charge in [0.25, 0.3) is 0 Å². The molecule has 0 bridgehead atoms. The Morgan fingerprint density at radius 2 is 1.67 bits per heavy atom. The summed E-state index contributed by atoms with van der Waals surface area (Å²) < 4.78 is 39.9. The normalized spacial score (nSPS) is 12.4. The molecule has 2 aromatic carbocycles. The first-order valence-corrected chi connectivity index (χ1v) is 10.2. The van der Waals surface area contributed by atoms with E-state index in [0.717, 1.165) is 23.4 Å². The number of hydrogen-bond donors (Lipinski definition) is 1. The highest BCUT2D eigenvalue weighted by atomic mass is 32.2. The van der Waals surface area contributed by atoms with Gasteiger partial charge < -0.3 is 5.32 Å². The summed E-state index contributed by atoms with van der Waals surface area (Å²) in [6.07, 6.45) is -3.94. The molecule has 0 aliphatic rings. The topological polar surface area (TPSA) is 54.9 Å². The molecule has 1 unspecified atom stereocenters. The Morgan fingerprint density at radius 3 is 2.30 bits per heavy atom. The minimum atomic E-state index is -4.61. The SMILES string of the molecule is CC(Sc1nc(-c2ccccc2)cc(C(F)(F)F)n1)C(=O)NCCc1ccccc1. The molecule has 1 amide bonds. The van der Waals surface area contributed by atoms with Crippen LogP contribution in [0.15, 0.2) is 71.9 Å². The zero-order valence-electron chi connectivity index (χ0n) is 16.2. The molecule has 8 heteroatoms. The Morgan fingerprint density at radius 1 is 1.03 bits per heavy atom. The average molecular weight is 431 g/mol. The van der Waals surface area contributed by atoms with Gasteiger partial charge in [-0.1, -0.05) is 72.4 Å². The number of nitrogens with one attached hydrogen (secondary N) is 1. The van der Waals surface area contributed by atoms with E-state index < -0.39 is 17.1 Å². The number of halogens is 3. The Bertz CT molecular complexity index is 982. The van der Waals surface area contributed by atoms with Crippen molar-refractivity contribution in [3.63, 3.8) is 0 Å². The number of carbonyl (C=O) groups is 1. The van der Waals surface area contributed by atoms with E-state index in [9.17, 15) is 18.0 Å². The average Bonchev–Trinajstić information content (AvgIpc) is 2.74. The zero-order valence-corrected chi connectivity index (χ0v) is 17.0. The van der Waals surface area contributed by atoms with Crippen LogP contribution in [0.3, 0.4) is 0 Å². The van der Waals surface area contributed by atoms with Crippen LogP contribution >= 0.6 is 11.8 Å². The third-order valence-corrected chi connectivity index (χ3v) is 5.23. The number of amides is 1. The molecule has 0 fully saturated rings. The lowest BCUT2D eigenvalue weighted by Gasteiger charge is -2.14. The third kappa shape index (κ3) is 6.06. The Balaban J connectivity index is 1.70. The minimum Gasteiger partial charge on any atom is -0.355 e. The molecule has 3 rings (SSSR count). The number of carbonyl (C=O) groups excluding carboxylic acids is 1. The monoisotopic (exact) mass is 431 g/mol. The number of alkyl halides is 3. The molecule has 0 saturated carbocycles. The van der Waals surface area contributed by atoms with Gasteiger partial charge >= 0.3 is 6.18 Å². The fraction of sp³-hybridized carbons (Fsp3) is 0.227. The quantitative estimate of drug-likeness (QED) is 0.422. The van der Waals surface area contributed by atoms with E-state index in [4.69, 9.17) is 0 Å². The molecule has 156 valence electrons. The number of nitrogens with zero attached hydrogens (tertiary/aromatic N) is 2. The number of rotatable bonds is 7. The second-order valence-electron chi connectivity index (χ2n) is 6.57. The summed E-state index contributed by atoms with van der Waals surface area (Å²) in [6.45, 7) is 2.06. The molecule has 1 heterocycles. The van der Waals surface area contributed by atoms with Crippen molar-refractivity contribution >= 4 is 17.7 Å². The molecule has 30 heavy (non-hydrogen) atoms. The van der Waals surface area contributed by atoms with Crippen molar-refractivity contribution in [1.82, 2.24) is 15.3 Å². The molecule has 0 aliphatic heterocycles. The van der Waals surface area contributed by atoms with Crippen molar-refractivity contribution < 1.29 is 18.0 Å². The first kappa shape index (κ1) is 21.8. The van der Waals surface area contributed by atoms with E-state index in [2.05, 4.69) is 15.3 Å². The van der Waals surface area contributed by atoms with Gasteiger partial charge in [-0.25, -0.2) is 9.97 Å². The van der Waals surface area contributed by atoms with E-state index in [1.165, 1.54) is 0 Å². The van der Waals surface area contributed by atoms with Crippen LogP contribution in [0.5, 0.6) is 0 Å². The van der Waals surface area contributed by atoms with Crippen LogP contribution in [0.2, 0.25) is 0 Å². The van der Waals surface area contributed by atoms with Crippen LogP contribution in [0.4, 0.5) is 13.2 Å². The van der Waals surface area contributed by atoms with Gasteiger partial charge in [0.15, 0.2) is 5.16 Å². The molecular weight excluding hydrogens is 411 g/mol. The number of aromatic nitrogens is 2. The summed E-state index contributed by atoms with van der Waals surface area (Å²) in [6, 6.07) is 19.2. The van der Waals surface area contributed by atoms with Crippen LogP contribution in [0.25, 0.3) is 11.3 Å². The lowest BCUT2D eigenvalue weighted by atomic mass is 10.1. The second kappa shape index (κ2) is 9.75. The fourth-order valence-electron chi connectivity index (χ4n) is 2.71. The van der Waals surface area contributed by atoms with Crippen LogP contribution in [0, 0.1) is 0 Å². The van der Waals surface area contributed by atoms with Crippen molar-refractivity contribution in [2.24, 2.45) is 0 Å². The molecule has 1 aromatic heterocycles. The number of benzene rings is 2. The van der Waals surface area contributed by atoms with Gasteiger partial charge in [-0.15, -0.1) is 0 Å². The van der Waals surface area contributed by atoms with E-state index >= 15 is 0 Å². The van der Waals surface area contributed by atoms with Crippen LogP contribution < -0.4 is 5.32 Å². The van der Waals surface area contributed by atoms with Gasteiger partial charge in [-0.2, -0.15) is 13.2 Å². The lowest BCUT2D eigenvalue weighted by molar-refractivity contribution is -0.141. The molecule has 0 spiro atoms. The van der Waals surface area contributed by atoms with Gasteiger partial charge in [0, 0.05) is 12.1 Å². The molecule has 1 atom stereocenters. The van der Waals surface area contributed by atoms with E-state index in [0.29, 0.717) is 18.5 Å². The first-order chi connectivity index (χ1) is 14.3. The second-order valence-corrected chi connectivity index (χ2v) is 7.88. The summed E-state index contributed by atoms with van der Waals surface area (Å²) in [5, 5.41) is 2.07. The van der Waals surface area contributed by atoms with Crippen molar-refractivity contribution in [2.45, 2.75) is 29.9 Å². The molecule has 1 N–H and O–H groups in total. The minimum absolute atomic E-state index is 0.0885. The smallest absolute Gasteiger partial charge is 0.355 e. The highest BCUT2D eigenvalue weighted by Gasteiger charge is 2.34. The van der Waals surface area contributed by atoms with Crippen LogP contribution in [0.1, 0.15) is 18.2 Å². The summed E-state index contributed by atoms with van der Waals surface area (Å²) in [5.74, 6) is -0.279. The predicted molar refractivity (Wildman–Crippen MR) is 111 cm³/mol. The van der Waals surface area contributed by atoms with Gasteiger partial charge in [0.2, 0.25) is 5.91 Å². The maximum atomic E-state index is 13.3. The van der Waals surface area contributed by atoms with E-state index in [1.807, 2.05) is 30.3 Å². The largest absolute Gasteiger partial charge is 0.433 e. The third-order valence-electron chi connectivity index (χ3n) is 4.27. The van der Waals surface area contributed by atoms with E-state index in [1.54, 1.807) is 37.3 Å². The summed E-state index contributed by atoms with van der Waals surface area (Å²) in [7, 11) is 0. The lowest BCUT2D eigenvalue weighted by Crippen LogP contribution is -2.32.